The van der Waals surface area contributed by atoms with Gasteiger partial charge in [-0.1, -0.05) is 11.3 Å². The first kappa shape index (κ1) is 18.9. The smallest absolute Gasteiger partial charge is 0.308 e. The Morgan fingerprint density at radius 3 is 2.61 bits per heavy atom. The van der Waals surface area contributed by atoms with Crippen LogP contribution in [0.1, 0.15) is 41.4 Å². The number of aromatic nitrogens is 3. The van der Waals surface area contributed by atoms with Crippen LogP contribution >= 0.6 is 11.3 Å². The lowest BCUT2D eigenvalue weighted by Gasteiger charge is -2.12. The largest absolute Gasteiger partial charge is 0.348 e. The zero-order valence-corrected chi connectivity index (χ0v) is 16.7. The number of rotatable bonds is 5. The van der Waals surface area contributed by atoms with E-state index >= 15 is 0 Å². The summed E-state index contributed by atoms with van der Waals surface area (Å²) in [5.41, 5.74) is 1.48. The van der Waals surface area contributed by atoms with Crippen molar-refractivity contribution < 1.29 is 14.3 Å². The molecular formula is C19H21N3O5S. The number of nitrogens with zero attached hydrogens (tertiary/aromatic N) is 2. The van der Waals surface area contributed by atoms with Crippen molar-refractivity contribution in [2.45, 2.75) is 39.6 Å². The van der Waals surface area contributed by atoms with Gasteiger partial charge in [0.15, 0.2) is 6.29 Å². The number of ketones is 1. The van der Waals surface area contributed by atoms with Crippen LogP contribution in [0.3, 0.4) is 0 Å². The average molecular weight is 403 g/mol. The standard InChI is InChI=1S/C19H21N3O5S/c1-10(2)22-18(24)13(8-20-22)17(23)12-4-5-14-16(11(12)3)21(19(25)28-14)9-15-26-6-7-27-15/h4-5,8,10,15,20H,6-7,9H2,1-3H3. The van der Waals surface area contributed by atoms with Gasteiger partial charge in [0, 0.05) is 17.8 Å². The van der Waals surface area contributed by atoms with E-state index < -0.39 is 6.29 Å². The Morgan fingerprint density at radius 1 is 1.25 bits per heavy atom. The number of nitrogens with one attached hydrogen (secondary N) is 1. The van der Waals surface area contributed by atoms with Gasteiger partial charge in [0.25, 0.3) is 5.56 Å². The molecule has 3 heterocycles. The normalized spacial score (nSPS) is 15.1. The van der Waals surface area contributed by atoms with Crippen LogP contribution in [0.15, 0.2) is 27.9 Å². The molecule has 1 aliphatic heterocycles. The maximum atomic E-state index is 13.1. The highest BCUT2D eigenvalue weighted by Crippen LogP contribution is 2.26. The molecule has 148 valence electrons. The number of hydrogen-bond acceptors (Lipinski definition) is 6. The second kappa shape index (κ2) is 7.16. The molecule has 1 saturated heterocycles. The minimum Gasteiger partial charge on any atom is -0.348 e. The summed E-state index contributed by atoms with van der Waals surface area (Å²) in [5.74, 6) is -0.362. The van der Waals surface area contributed by atoms with Crippen molar-refractivity contribution in [3.8, 4) is 0 Å². The van der Waals surface area contributed by atoms with Crippen LogP contribution in [0, 0.1) is 6.92 Å². The van der Waals surface area contributed by atoms with Gasteiger partial charge >= 0.3 is 4.87 Å². The molecule has 9 heteroatoms. The van der Waals surface area contributed by atoms with E-state index in [-0.39, 0.29) is 34.4 Å². The second-order valence-electron chi connectivity index (χ2n) is 7.02. The van der Waals surface area contributed by atoms with Crippen molar-refractivity contribution >= 4 is 27.3 Å². The van der Waals surface area contributed by atoms with E-state index in [1.165, 1.54) is 10.9 Å². The maximum absolute atomic E-state index is 13.1. The highest BCUT2D eigenvalue weighted by Gasteiger charge is 2.24. The number of benzene rings is 1. The van der Waals surface area contributed by atoms with Crippen LogP contribution in [0.2, 0.25) is 0 Å². The van der Waals surface area contributed by atoms with Gasteiger partial charge in [-0.15, -0.1) is 0 Å². The predicted octanol–water partition coefficient (Wildman–Crippen LogP) is 2.05. The molecule has 8 nitrogen and oxygen atoms in total. The van der Waals surface area contributed by atoms with Gasteiger partial charge in [-0.2, -0.15) is 0 Å². The highest BCUT2D eigenvalue weighted by atomic mass is 32.1. The molecule has 0 amide bonds. The van der Waals surface area contributed by atoms with Crippen molar-refractivity contribution in [2.24, 2.45) is 0 Å². The van der Waals surface area contributed by atoms with E-state index in [1.54, 1.807) is 23.6 Å². The number of carbonyl (C=O) groups is 1. The van der Waals surface area contributed by atoms with E-state index in [1.807, 2.05) is 13.8 Å². The zero-order chi connectivity index (χ0) is 20.0. The summed E-state index contributed by atoms with van der Waals surface area (Å²) >= 11 is 1.12. The summed E-state index contributed by atoms with van der Waals surface area (Å²) < 4.78 is 14.7. The summed E-state index contributed by atoms with van der Waals surface area (Å²) in [7, 11) is 0. The lowest BCUT2D eigenvalue weighted by molar-refractivity contribution is -0.0520. The first-order valence-corrected chi connectivity index (χ1v) is 9.91. The third kappa shape index (κ3) is 3.05. The van der Waals surface area contributed by atoms with Crippen LogP contribution in [-0.4, -0.2) is 39.6 Å². The highest BCUT2D eigenvalue weighted by molar-refractivity contribution is 7.16. The van der Waals surface area contributed by atoms with Gasteiger partial charge in [0.2, 0.25) is 5.78 Å². The van der Waals surface area contributed by atoms with Gasteiger partial charge < -0.3 is 14.6 Å². The monoisotopic (exact) mass is 403 g/mol. The van der Waals surface area contributed by atoms with Gasteiger partial charge in [0.1, 0.15) is 5.56 Å². The third-order valence-corrected chi connectivity index (χ3v) is 5.85. The zero-order valence-electron chi connectivity index (χ0n) is 15.9. The predicted molar refractivity (Wildman–Crippen MR) is 105 cm³/mol. The number of hydrogen-bond donors (Lipinski definition) is 1. The Kier molecular flexibility index (Phi) is 4.82. The fourth-order valence-corrected chi connectivity index (χ4v) is 4.44. The number of H-pyrrole nitrogens is 1. The van der Waals surface area contributed by atoms with Crippen LogP contribution in [-0.2, 0) is 16.0 Å². The summed E-state index contributed by atoms with van der Waals surface area (Å²) in [5, 5.41) is 2.84. The van der Waals surface area contributed by atoms with Crippen LogP contribution in [0.25, 0.3) is 10.2 Å². The number of ether oxygens (including phenoxy) is 2. The van der Waals surface area contributed by atoms with Crippen molar-refractivity contribution in [2.75, 3.05) is 13.2 Å². The van der Waals surface area contributed by atoms with E-state index in [9.17, 15) is 14.4 Å². The molecule has 0 aliphatic carbocycles. The van der Waals surface area contributed by atoms with Gasteiger partial charge in [-0.25, -0.2) is 0 Å². The minimum atomic E-state index is -0.475. The SMILES string of the molecule is Cc1c(C(=O)c2c[nH]n(C(C)C)c2=O)ccc2sc(=O)n(CC3OCCO3)c12. The molecule has 1 aromatic carbocycles. The molecule has 1 N–H and O–H groups in total. The molecule has 0 radical (unpaired) electrons. The molecule has 28 heavy (non-hydrogen) atoms. The van der Waals surface area contributed by atoms with Gasteiger partial charge in [-0.05, 0) is 38.5 Å². The molecule has 0 unspecified atom stereocenters. The molecule has 0 atom stereocenters. The Labute approximate surface area is 164 Å². The van der Waals surface area contributed by atoms with Crippen molar-refractivity contribution in [1.82, 2.24) is 14.3 Å². The molecule has 0 saturated carbocycles. The first-order chi connectivity index (χ1) is 13.4. The molecule has 0 bridgehead atoms. The van der Waals surface area contributed by atoms with Gasteiger partial charge in [0.05, 0.1) is 30.0 Å². The fraction of sp³-hybridized carbons (Fsp3) is 0.421. The molecule has 0 spiro atoms. The Morgan fingerprint density at radius 2 is 1.96 bits per heavy atom. The lowest BCUT2D eigenvalue weighted by atomic mass is 10.00. The third-order valence-electron chi connectivity index (χ3n) is 4.91. The van der Waals surface area contributed by atoms with Crippen LogP contribution in [0.4, 0.5) is 0 Å². The van der Waals surface area contributed by atoms with Crippen LogP contribution in [0.5, 0.6) is 0 Å². The van der Waals surface area contributed by atoms with E-state index in [4.69, 9.17) is 9.47 Å². The van der Waals surface area contributed by atoms with Gasteiger partial charge in [-0.3, -0.25) is 23.6 Å². The number of thiazole rings is 1. The number of aromatic amines is 1. The number of aryl methyl sites for hydroxylation is 1. The molecule has 2 aromatic heterocycles. The average Bonchev–Trinajstić information content (AvgIpc) is 3.35. The lowest BCUT2D eigenvalue weighted by Crippen LogP contribution is -2.24. The molecule has 3 aromatic rings. The summed E-state index contributed by atoms with van der Waals surface area (Å²) in [4.78, 5) is 37.9. The summed E-state index contributed by atoms with van der Waals surface area (Å²) in [6, 6.07) is 3.35. The number of fused-ring (bicyclic) bond motifs is 1. The van der Waals surface area contributed by atoms with Crippen molar-refractivity contribution in [3.05, 3.63) is 55.0 Å². The number of carbonyl (C=O) groups excluding carboxylic acids is 1. The second-order valence-corrected chi connectivity index (χ2v) is 8.01. The first-order valence-electron chi connectivity index (χ1n) is 9.09. The fourth-order valence-electron chi connectivity index (χ4n) is 3.48. The Bertz CT molecular complexity index is 1160. The maximum Gasteiger partial charge on any atom is 0.308 e. The Balaban J connectivity index is 1.80. The minimum absolute atomic E-state index is 0.0777. The Hall–Kier alpha value is -2.49. The summed E-state index contributed by atoms with van der Waals surface area (Å²) in [6.45, 7) is 6.78. The van der Waals surface area contributed by atoms with Crippen molar-refractivity contribution in [1.29, 1.82) is 0 Å². The van der Waals surface area contributed by atoms with Crippen LogP contribution < -0.4 is 10.4 Å². The van der Waals surface area contributed by atoms with E-state index in [0.717, 1.165) is 16.0 Å². The van der Waals surface area contributed by atoms with Crippen molar-refractivity contribution in [3.63, 3.8) is 0 Å². The molecular weight excluding hydrogens is 382 g/mol. The topological polar surface area (TPSA) is 95.3 Å². The van der Waals surface area contributed by atoms with E-state index in [2.05, 4.69) is 5.10 Å². The molecule has 1 fully saturated rings. The van der Waals surface area contributed by atoms with E-state index in [0.29, 0.717) is 29.9 Å². The molecule has 1 aliphatic rings. The quantitative estimate of drug-likeness (QED) is 0.658. The molecule has 4 rings (SSSR count). The summed E-state index contributed by atoms with van der Waals surface area (Å²) in [6.07, 6.45) is 0.965.